The second kappa shape index (κ2) is 14.0. The summed E-state index contributed by atoms with van der Waals surface area (Å²) in [5, 5.41) is 11.0. The number of nitrogens with one attached hydrogen (secondary N) is 2. The average Bonchev–Trinajstić information content (AvgIpc) is 3.72. The van der Waals surface area contributed by atoms with Gasteiger partial charge in [0.1, 0.15) is 5.82 Å². The number of urea groups is 1. The Morgan fingerprint density at radius 1 is 0.915 bits per heavy atom. The van der Waals surface area contributed by atoms with Crippen LogP contribution < -0.4 is 10.6 Å². The van der Waals surface area contributed by atoms with Crippen molar-refractivity contribution in [3.05, 3.63) is 113 Å². The van der Waals surface area contributed by atoms with E-state index in [4.69, 9.17) is 5.10 Å². The molecule has 5 aromatic rings. The smallest absolute Gasteiger partial charge is 0.307 e. The number of pyridine rings is 1. The van der Waals surface area contributed by atoms with Crippen molar-refractivity contribution in [2.45, 2.75) is 52.4 Å². The number of anilines is 2. The number of piperidine rings is 1. The Hall–Kier alpha value is -4.60. The maximum atomic E-state index is 13.4. The van der Waals surface area contributed by atoms with Gasteiger partial charge < -0.3 is 5.32 Å². The van der Waals surface area contributed by atoms with Gasteiger partial charge in [-0.15, -0.1) is 11.3 Å². The fourth-order valence-corrected chi connectivity index (χ4v) is 6.80. The average molecular weight is 647 g/mol. The molecule has 2 amide bonds. The monoisotopic (exact) mass is 646 g/mol. The van der Waals surface area contributed by atoms with Crippen molar-refractivity contribution in [1.82, 2.24) is 19.7 Å². The minimum Gasteiger partial charge on any atom is -0.307 e. The number of ketones is 1. The zero-order valence-corrected chi connectivity index (χ0v) is 28.3. The predicted molar refractivity (Wildman–Crippen MR) is 191 cm³/mol. The molecule has 0 bridgehead atoms. The number of aromatic nitrogens is 3. The zero-order valence-electron chi connectivity index (χ0n) is 27.5. The van der Waals surface area contributed by atoms with E-state index in [1.54, 1.807) is 10.9 Å². The molecule has 1 aliphatic heterocycles. The van der Waals surface area contributed by atoms with Crippen LogP contribution in [0.1, 0.15) is 60.1 Å². The fraction of sp³-hybridized carbons (Fsp3) is 0.316. The van der Waals surface area contributed by atoms with Crippen LogP contribution in [0.3, 0.4) is 0 Å². The summed E-state index contributed by atoms with van der Waals surface area (Å²) < 4.78 is 1.79. The van der Waals surface area contributed by atoms with Gasteiger partial charge in [-0.2, -0.15) is 5.10 Å². The number of benzene rings is 2. The zero-order chi connectivity index (χ0) is 33.0. The first-order valence-electron chi connectivity index (χ1n) is 16.2. The summed E-state index contributed by atoms with van der Waals surface area (Å²) in [6, 6.07) is 27.5. The number of carbonyl (C=O) groups excluding carboxylic acids is 2. The summed E-state index contributed by atoms with van der Waals surface area (Å²) in [4.78, 5) is 34.9. The highest BCUT2D eigenvalue weighted by atomic mass is 32.1. The van der Waals surface area contributed by atoms with Gasteiger partial charge in [0.2, 0.25) is 0 Å². The number of hydrogen-bond acceptors (Lipinski definition) is 6. The van der Waals surface area contributed by atoms with Crippen molar-refractivity contribution in [2.75, 3.05) is 30.3 Å². The Morgan fingerprint density at radius 2 is 1.66 bits per heavy atom. The molecule has 9 heteroatoms. The topological polar surface area (TPSA) is 92.2 Å². The Bertz CT molecular complexity index is 1830. The molecule has 2 aromatic carbocycles. The van der Waals surface area contributed by atoms with E-state index >= 15 is 0 Å². The highest BCUT2D eigenvalue weighted by Crippen LogP contribution is 2.30. The summed E-state index contributed by atoms with van der Waals surface area (Å²) in [7, 11) is 0. The minimum absolute atomic E-state index is 0.162. The normalized spacial score (nSPS) is 14.2. The maximum absolute atomic E-state index is 13.4. The molecule has 1 saturated heterocycles. The van der Waals surface area contributed by atoms with Gasteiger partial charge in [0.05, 0.1) is 33.4 Å². The molecular formula is C38H42N6O2S. The Balaban J connectivity index is 1.05. The number of likely N-dealkylation sites (tertiary alicyclic amines) is 1. The van der Waals surface area contributed by atoms with Crippen molar-refractivity contribution < 1.29 is 9.59 Å². The summed E-state index contributed by atoms with van der Waals surface area (Å²) >= 11 is 1.51. The first-order valence-corrected chi connectivity index (χ1v) is 17.0. The third-order valence-electron chi connectivity index (χ3n) is 8.64. The largest absolute Gasteiger partial charge is 0.324 e. The van der Waals surface area contributed by atoms with E-state index in [2.05, 4.69) is 47.4 Å². The third kappa shape index (κ3) is 8.04. The summed E-state index contributed by atoms with van der Waals surface area (Å²) in [5.41, 5.74) is 5.58. The van der Waals surface area contributed by atoms with E-state index < -0.39 is 0 Å². The van der Waals surface area contributed by atoms with Gasteiger partial charge in [-0.05, 0) is 93.2 Å². The molecule has 0 radical (unpaired) electrons. The van der Waals surface area contributed by atoms with Gasteiger partial charge in [0, 0.05) is 23.4 Å². The molecule has 0 atom stereocenters. The van der Waals surface area contributed by atoms with Crippen LogP contribution in [0.25, 0.3) is 16.3 Å². The molecule has 4 heterocycles. The third-order valence-corrected chi connectivity index (χ3v) is 9.79. The molecule has 47 heavy (non-hydrogen) atoms. The van der Waals surface area contributed by atoms with Crippen LogP contribution in [-0.4, -0.2) is 51.1 Å². The van der Waals surface area contributed by atoms with Crippen LogP contribution in [0.15, 0.2) is 91.1 Å². The van der Waals surface area contributed by atoms with Crippen molar-refractivity contribution in [3.8, 4) is 16.3 Å². The molecule has 8 nitrogen and oxygen atoms in total. The number of para-hydroxylation sites is 1. The lowest BCUT2D eigenvalue weighted by Crippen LogP contribution is -2.37. The van der Waals surface area contributed by atoms with Crippen molar-refractivity contribution in [1.29, 1.82) is 0 Å². The van der Waals surface area contributed by atoms with Gasteiger partial charge in [-0.3, -0.25) is 20.0 Å². The maximum Gasteiger partial charge on any atom is 0.324 e. The lowest BCUT2D eigenvalue weighted by atomic mass is 9.89. The van der Waals surface area contributed by atoms with E-state index in [-0.39, 0.29) is 17.2 Å². The molecule has 0 saturated carbocycles. The SMILES string of the molecule is Cc1ccc(-n2nc(C(C)(C)C)cc2NC(=O)Nc2ccccc2CC2CCN(CC(=O)c3ccc(-c4ccccn4)s3)CC2)cc1. The molecule has 3 aromatic heterocycles. The van der Waals surface area contributed by atoms with E-state index in [0.29, 0.717) is 18.3 Å². The van der Waals surface area contributed by atoms with Crippen molar-refractivity contribution >= 4 is 34.7 Å². The van der Waals surface area contributed by atoms with Gasteiger partial charge in [-0.25, -0.2) is 9.48 Å². The molecule has 1 aliphatic rings. The number of aryl methyl sites for hydroxylation is 1. The number of hydrogen-bond donors (Lipinski definition) is 2. The van der Waals surface area contributed by atoms with E-state index in [9.17, 15) is 9.59 Å². The number of thiophene rings is 1. The molecule has 242 valence electrons. The summed E-state index contributed by atoms with van der Waals surface area (Å²) in [6.45, 7) is 10.6. The highest BCUT2D eigenvalue weighted by Gasteiger charge is 2.24. The van der Waals surface area contributed by atoms with Gasteiger partial charge in [0.15, 0.2) is 5.78 Å². The van der Waals surface area contributed by atoms with Crippen LogP contribution in [0.4, 0.5) is 16.3 Å². The van der Waals surface area contributed by atoms with Crippen LogP contribution >= 0.6 is 11.3 Å². The van der Waals surface area contributed by atoms with E-state index in [1.165, 1.54) is 11.3 Å². The molecule has 0 aliphatic carbocycles. The first kappa shape index (κ1) is 32.3. The molecule has 6 rings (SSSR count). The minimum atomic E-state index is -0.306. The number of carbonyl (C=O) groups is 2. The fourth-order valence-electron chi connectivity index (χ4n) is 5.88. The quantitative estimate of drug-likeness (QED) is 0.157. The second-order valence-corrected chi connectivity index (χ2v) is 14.5. The molecule has 0 spiro atoms. The molecule has 1 fully saturated rings. The van der Waals surface area contributed by atoms with E-state index in [1.807, 2.05) is 85.8 Å². The van der Waals surface area contributed by atoms with Crippen molar-refractivity contribution in [3.63, 3.8) is 0 Å². The van der Waals surface area contributed by atoms with Gasteiger partial charge in [0.25, 0.3) is 0 Å². The standard InChI is InChI=1S/C38H42N6O2S/c1-26-12-14-29(15-13-26)44-36(24-35(42-44)38(2,3)4)41-37(46)40-30-10-6-5-9-28(30)23-27-18-21-43(22-19-27)25-32(45)34-17-16-33(47-34)31-11-7-8-20-39-31/h5-17,20,24,27H,18-19,21-23,25H2,1-4H3,(H2,40,41,46). The number of amides is 2. The van der Waals surface area contributed by atoms with Gasteiger partial charge >= 0.3 is 6.03 Å². The first-order chi connectivity index (χ1) is 22.6. The summed E-state index contributed by atoms with van der Waals surface area (Å²) in [6.07, 6.45) is 4.65. The highest BCUT2D eigenvalue weighted by molar-refractivity contribution is 7.17. The predicted octanol–water partition coefficient (Wildman–Crippen LogP) is 8.38. The number of Topliss-reactive ketones (excluding diaryl/α,β-unsaturated/α-hetero) is 1. The Morgan fingerprint density at radius 3 is 2.38 bits per heavy atom. The van der Waals surface area contributed by atoms with Crippen LogP contribution in [0, 0.1) is 12.8 Å². The molecular weight excluding hydrogens is 605 g/mol. The molecule has 0 unspecified atom stereocenters. The Kier molecular flexibility index (Phi) is 9.66. The summed E-state index contributed by atoms with van der Waals surface area (Å²) in [5.74, 6) is 1.25. The number of rotatable bonds is 9. The van der Waals surface area contributed by atoms with Gasteiger partial charge in [-0.1, -0.05) is 62.7 Å². The van der Waals surface area contributed by atoms with Crippen LogP contribution in [0.5, 0.6) is 0 Å². The second-order valence-electron chi connectivity index (χ2n) is 13.4. The Labute approximate surface area is 280 Å². The number of nitrogens with zero attached hydrogens (tertiary/aromatic N) is 4. The lowest BCUT2D eigenvalue weighted by Gasteiger charge is -2.31. The lowest BCUT2D eigenvalue weighted by molar-refractivity contribution is 0.0899. The van der Waals surface area contributed by atoms with Crippen LogP contribution in [0.2, 0.25) is 0 Å². The van der Waals surface area contributed by atoms with Crippen LogP contribution in [-0.2, 0) is 11.8 Å². The molecule has 2 N–H and O–H groups in total. The van der Waals surface area contributed by atoms with E-state index in [0.717, 1.165) is 76.0 Å². The van der Waals surface area contributed by atoms with Crippen molar-refractivity contribution in [2.24, 2.45) is 5.92 Å².